The first-order chi connectivity index (χ1) is 4.43. The molecule has 1 aliphatic heterocycles. The van der Waals surface area contributed by atoms with Crippen LogP contribution in [0.1, 0.15) is 0 Å². The van der Waals surface area contributed by atoms with Crippen LogP contribution in [0.5, 0.6) is 0 Å². The first-order valence-electron chi connectivity index (χ1n) is 3.12. The molecule has 54 valence electrons. The predicted molar refractivity (Wildman–Crippen MR) is 32.4 cm³/mol. The second-order valence-electron chi connectivity index (χ2n) is 2.01. The molecule has 9 heavy (non-hydrogen) atoms. The van der Waals surface area contributed by atoms with E-state index in [2.05, 4.69) is 0 Å². The van der Waals surface area contributed by atoms with Gasteiger partial charge < -0.3 is 14.2 Å². The lowest BCUT2D eigenvalue weighted by molar-refractivity contribution is 0.00798. The lowest BCUT2D eigenvalue weighted by Crippen LogP contribution is -2.20. The zero-order chi connectivity index (χ0) is 6.53. The molecule has 1 saturated heterocycles. The van der Waals surface area contributed by atoms with Gasteiger partial charge in [0.05, 0.1) is 26.4 Å². The van der Waals surface area contributed by atoms with Crippen molar-refractivity contribution in [3.63, 3.8) is 0 Å². The van der Waals surface area contributed by atoms with Gasteiger partial charge >= 0.3 is 0 Å². The van der Waals surface area contributed by atoms with Crippen molar-refractivity contribution in [2.45, 2.75) is 6.10 Å². The van der Waals surface area contributed by atoms with Crippen molar-refractivity contribution in [1.82, 2.24) is 0 Å². The van der Waals surface area contributed by atoms with Gasteiger partial charge in [-0.05, 0) is 0 Å². The fourth-order valence-corrected chi connectivity index (χ4v) is 0.732. The maximum absolute atomic E-state index is 5.15. The minimum atomic E-state index is 0.132. The summed E-state index contributed by atoms with van der Waals surface area (Å²) in [5.74, 6) is 0. The Hall–Kier alpha value is -0.120. The van der Waals surface area contributed by atoms with Gasteiger partial charge in [0.15, 0.2) is 0 Å². The Morgan fingerprint density at radius 1 is 1.22 bits per heavy atom. The Morgan fingerprint density at radius 3 is 2.22 bits per heavy atom. The molecule has 0 saturated carbocycles. The Morgan fingerprint density at radius 2 is 1.78 bits per heavy atom. The fourth-order valence-electron chi connectivity index (χ4n) is 0.732. The highest BCUT2D eigenvalue weighted by molar-refractivity contribution is 4.56. The Bertz CT molecular complexity index is 66.7. The first kappa shape index (κ1) is 6.99. The normalized spacial score (nSPS) is 23.7. The van der Waals surface area contributed by atoms with Gasteiger partial charge in [-0.1, -0.05) is 0 Å². The van der Waals surface area contributed by atoms with Crippen LogP contribution in [0, 0.1) is 0 Å². The van der Waals surface area contributed by atoms with E-state index in [1.165, 1.54) is 0 Å². The molecule has 0 spiro atoms. The average molecular weight is 132 g/mol. The number of hydrogen-bond acceptors (Lipinski definition) is 3. The standard InChI is InChI=1S/C6H12O3/c1-7-6-4-8-2-3-9-5-6/h6H,2-5H2,1H3. The molecule has 0 radical (unpaired) electrons. The third kappa shape index (κ3) is 2.30. The van der Waals surface area contributed by atoms with Crippen molar-refractivity contribution >= 4 is 0 Å². The molecule has 0 aromatic rings. The molecule has 0 aliphatic carbocycles. The van der Waals surface area contributed by atoms with E-state index < -0.39 is 0 Å². The summed E-state index contributed by atoms with van der Waals surface area (Å²) in [7, 11) is 1.67. The van der Waals surface area contributed by atoms with Crippen LogP contribution in [0.15, 0.2) is 0 Å². The minimum Gasteiger partial charge on any atom is -0.377 e. The second-order valence-corrected chi connectivity index (χ2v) is 2.01. The fraction of sp³-hybridized carbons (Fsp3) is 1.00. The molecule has 0 unspecified atom stereocenters. The first-order valence-corrected chi connectivity index (χ1v) is 3.12. The van der Waals surface area contributed by atoms with Crippen LogP contribution in [-0.2, 0) is 14.2 Å². The van der Waals surface area contributed by atoms with Gasteiger partial charge in [-0.25, -0.2) is 0 Å². The van der Waals surface area contributed by atoms with Crippen molar-refractivity contribution in [3.8, 4) is 0 Å². The highest BCUT2D eigenvalue weighted by atomic mass is 16.6. The summed E-state index contributed by atoms with van der Waals surface area (Å²) in [6.45, 7) is 2.72. The molecular formula is C6H12O3. The summed E-state index contributed by atoms with van der Waals surface area (Å²) in [5, 5.41) is 0. The highest BCUT2D eigenvalue weighted by Gasteiger charge is 2.10. The Labute approximate surface area is 54.9 Å². The predicted octanol–water partition coefficient (Wildman–Crippen LogP) is 0.0482. The molecule has 3 nitrogen and oxygen atoms in total. The van der Waals surface area contributed by atoms with Crippen molar-refractivity contribution in [2.75, 3.05) is 33.5 Å². The third-order valence-corrected chi connectivity index (χ3v) is 1.31. The van der Waals surface area contributed by atoms with Crippen LogP contribution < -0.4 is 0 Å². The summed E-state index contributed by atoms with van der Waals surface area (Å²) in [5.41, 5.74) is 0. The summed E-state index contributed by atoms with van der Waals surface area (Å²) in [6.07, 6.45) is 0.132. The molecule has 1 fully saturated rings. The topological polar surface area (TPSA) is 27.7 Å². The molecule has 0 atom stereocenters. The molecule has 0 aromatic heterocycles. The van der Waals surface area contributed by atoms with Gasteiger partial charge in [-0.3, -0.25) is 0 Å². The molecule has 0 aromatic carbocycles. The van der Waals surface area contributed by atoms with E-state index in [-0.39, 0.29) is 6.10 Å². The van der Waals surface area contributed by atoms with E-state index in [4.69, 9.17) is 14.2 Å². The lowest BCUT2D eigenvalue weighted by Gasteiger charge is -2.09. The average Bonchev–Trinajstić information content (AvgIpc) is 2.13. The zero-order valence-corrected chi connectivity index (χ0v) is 5.63. The van der Waals surface area contributed by atoms with Gasteiger partial charge in [-0.15, -0.1) is 0 Å². The maximum atomic E-state index is 5.15. The summed E-state index contributed by atoms with van der Waals surface area (Å²) in [6, 6.07) is 0. The van der Waals surface area contributed by atoms with Gasteiger partial charge in [0.1, 0.15) is 6.10 Å². The van der Waals surface area contributed by atoms with E-state index in [0.29, 0.717) is 26.4 Å². The number of methoxy groups -OCH3 is 1. The second kappa shape index (κ2) is 3.82. The molecule has 1 aliphatic rings. The highest BCUT2D eigenvalue weighted by Crippen LogP contribution is 1.97. The minimum absolute atomic E-state index is 0.132. The van der Waals surface area contributed by atoms with Gasteiger partial charge in [0.25, 0.3) is 0 Å². The molecule has 0 bridgehead atoms. The number of rotatable bonds is 1. The zero-order valence-electron chi connectivity index (χ0n) is 5.63. The van der Waals surface area contributed by atoms with Crippen LogP contribution in [-0.4, -0.2) is 39.6 Å². The lowest BCUT2D eigenvalue weighted by atomic mass is 10.4. The maximum Gasteiger partial charge on any atom is 0.104 e. The van der Waals surface area contributed by atoms with Crippen LogP contribution in [0.3, 0.4) is 0 Å². The van der Waals surface area contributed by atoms with Crippen molar-refractivity contribution in [2.24, 2.45) is 0 Å². The molecular weight excluding hydrogens is 120 g/mol. The summed E-state index contributed by atoms with van der Waals surface area (Å²) in [4.78, 5) is 0. The van der Waals surface area contributed by atoms with Crippen LogP contribution in [0.4, 0.5) is 0 Å². The third-order valence-electron chi connectivity index (χ3n) is 1.31. The smallest absolute Gasteiger partial charge is 0.104 e. The van der Waals surface area contributed by atoms with Gasteiger partial charge in [-0.2, -0.15) is 0 Å². The quantitative estimate of drug-likeness (QED) is 0.504. The summed E-state index contributed by atoms with van der Waals surface area (Å²) >= 11 is 0. The number of hydrogen-bond donors (Lipinski definition) is 0. The molecule has 0 amide bonds. The van der Waals surface area contributed by atoms with Crippen molar-refractivity contribution in [3.05, 3.63) is 0 Å². The van der Waals surface area contributed by atoms with Crippen LogP contribution >= 0.6 is 0 Å². The SMILES string of the molecule is COC1COCCOC1. The number of ether oxygens (including phenoxy) is 3. The van der Waals surface area contributed by atoms with Crippen LogP contribution in [0.25, 0.3) is 0 Å². The van der Waals surface area contributed by atoms with E-state index in [1.807, 2.05) is 0 Å². The molecule has 3 heteroatoms. The van der Waals surface area contributed by atoms with Crippen molar-refractivity contribution in [1.29, 1.82) is 0 Å². The van der Waals surface area contributed by atoms with E-state index >= 15 is 0 Å². The van der Waals surface area contributed by atoms with E-state index in [0.717, 1.165) is 0 Å². The van der Waals surface area contributed by atoms with Gasteiger partial charge in [0, 0.05) is 7.11 Å². The Balaban J connectivity index is 2.18. The van der Waals surface area contributed by atoms with E-state index in [9.17, 15) is 0 Å². The molecule has 1 rings (SSSR count). The van der Waals surface area contributed by atoms with Gasteiger partial charge in [0.2, 0.25) is 0 Å². The van der Waals surface area contributed by atoms with Crippen molar-refractivity contribution < 1.29 is 14.2 Å². The largest absolute Gasteiger partial charge is 0.377 e. The summed E-state index contributed by atoms with van der Waals surface area (Å²) < 4.78 is 15.3. The molecule has 0 N–H and O–H groups in total. The Kier molecular flexibility index (Phi) is 2.97. The monoisotopic (exact) mass is 132 g/mol. The van der Waals surface area contributed by atoms with Crippen LogP contribution in [0.2, 0.25) is 0 Å². The van der Waals surface area contributed by atoms with E-state index in [1.54, 1.807) is 7.11 Å². The molecule has 1 heterocycles.